The number of hydrogen-bond acceptors (Lipinski definition) is 4. The Kier molecular flexibility index (Phi) is 6.02. The number of pyridine rings is 1. The van der Waals surface area contributed by atoms with Gasteiger partial charge in [-0.15, -0.1) is 0 Å². The summed E-state index contributed by atoms with van der Waals surface area (Å²) >= 11 is 0. The number of rotatable bonds is 3. The predicted octanol–water partition coefficient (Wildman–Crippen LogP) is 4.62. The third-order valence-corrected chi connectivity index (χ3v) is 4.59. The van der Waals surface area contributed by atoms with E-state index in [2.05, 4.69) is 53.2 Å². The molecule has 3 rings (SSSR count). The summed E-state index contributed by atoms with van der Waals surface area (Å²) in [5.74, 6) is 0. The Bertz CT molecular complexity index is 812. The Morgan fingerprint density at radius 1 is 1.00 bits per heavy atom. The van der Waals surface area contributed by atoms with Gasteiger partial charge in [-0.2, -0.15) is 0 Å². The highest BCUT2D eigenvalue weighted by atomic mass is 16.6. The fraction of sp³-hybridized carbons (Fsp3) is 0.391. The van der Waals surface area contributed by atoms with Crippen LogP contribution in [0.2, 0.25) is 0 Å². The number of carbonyl (C=O) groups excluding carboxylic acids is 1. The van der Waals surface area contributed by atoms with Crippen LogP contribution < -0.4 is 4.90 Å². The maximum absolute atomic E-state index is 12.2. The summed E-state index contributed by atoms with van der Waals surface area (Å²) < 4.78 is 5.45. The molecule has 1 aromatic heterocycles. The molecule has 0 N–H and O–H groups in total. The minimum absolute atomic E-state index is 0.234. The number of aryl methyl sites for hydroxylation is 1. The molecule has 5 nitrogen and oxygen atoms in total. The van der Waals surface area contributed by atoms with E-state index in [0.29, 0.717) is 13.1 Å². The Morgan fingerprint density at radius 3 is 2.25 bits per heavy atom. The molecule has 0 spiro atoms. The van der Waals surface area contributed by atoms with Crippen molar-refractivity contribution in [3.05, 3.63) is 59.4 Å². The molecule has 5 heteroatoms. The van der Waals surface area contributed by atoms with Crippen LogP contribution in [0.15, 0.2) is 42.6 Å². The number of carbonyl (C=O) groups is 1. The molecule has 1 saturated heterocycles. The Labute approximate surface area is 167 Å². The molecule has 2 heterocycles. The number of benzene rings is 1. The van der Waals surface area contributed by atoms with Crippen LogP contribution >= 0.6 is 0 Å². The van der Waals surface area contributed by atoms with Crippen LogP contribution in [0.25, 0.3) is 12.2 Å². The van der Waals surface area contributed by atoms with Crippen LogP contribution in [-0.4, -0.2) is 47.8 Å². The van der Waals surface area contributed by atoms with Gasteiger partial charge in [0, 0.05) is 26.2 Å². The fourth-order valence-corrected chi connectivity index (χ4v) is 3.02. The van der Waals surface area contributed by atoms with Gasteiger partial charge in [0.25, 0.3) is 0 Å². The van der Waals surface area contributed by atoms with E-state index in [0.717, 1.165) is 30.0 Å². The van der Waals surface area contributed by atoms with Crippen LogP contribution in [0.3, 0.4) is 0 Å². The van der Waals surface area contributed by atoms with Crippen molar-refractivity contribution in [2.45, 2.75) is 33.3 Å². The summed E-state index contributed by atoms with van der Waals surface area (Å²) in [5.41, 5.74) is 3.97. The molecule has 1 aromatic carbocycles. The van der Waals surface area contributed by atoms with Crippen molar-refractivity contribution in [3.63, 3.8) is 0 Å². The maximum atomic E-state index is 12.2. The average Bonchev–Trinajstić information content (AvgIpc) is 2.67. The van der Waals surface area contributed by atoms with Crippen molar-refractivity contribution in [2.75, 3.05) is 31.1 Å². The van der Waals surface area contributed by atoms with Crippen molar-refractivity contribution < 1.29 is 9.53 Å². The highest BCUT2D eigenvalue weighted by Gasteiger charge is 2.25. The molecule has 1 aliphatic heterocycles. The summed E-state index contributed by atoms with van der Waals surface area (Å²) in [6.45, 7) is 10.6. The van der Waals surface area contributed by atoms with Crippen molar-refractivity contribution in [1.29, 1.82) is 0 Å². The first-order valence-electron chi connectivity index (χ1n) is 9.74. The number of anilines is 1. The lowest BCUT2D eigenvalue weighted by molar-refractivity contribution is 0.0240. The predicted molar refractivity (Wildman–Crippen MR) is 114 cm³/mol. The second-order valence-electron chi connectivity index (χ2n) is 8.14. The minimum atomic E-state index is -0.458. The SMILES string of the molecule is Cc1ccc(/C=C/c2ccc(N3CCN(C(=O)OC(C)(C)C)CC3)cn2)cc1. The molecule has 28 heavy (non-hydrogen) atoms. The van der Waals surface area contributed by atoms with Gasteiger partial charge in [-0.3, -0.25) is 4.98 Å². The fourth-order valence-electron chi connectivity index (χ4n) is 3.02. The molecule has 0 bridgehead atoms. The standard InChI is InChI=1S/C23H29N3O2/c1-18-5-7-19(8-6-18)9-10-20-11-12-21(17-24-20)25-13-15-26(16-14-25)22(27)28-23(2,3)4/h5-12,17H,13-16H2,1-4H3/b10-9+. The van der Waals surface area contributed by atoms with Crippen LogP contribution in [0.5, 0.6) is 0 Å². The van der Waals surface area contributed by atoms with Crippen LogP contribution in [-0.2, 0) is 4.74 Å². The molecule has 0 saturated carbocycles. The first-order valence-corrected chi connectivity index (χ1v) is 9.74. The zero-order valence-corrected chi connectivity index (χ0v) is 17.2. The van der Waals surface area contributed by atoms with Crippen molar-refractivity contribution >= 4 is 23.9 Å². The van der Waals surface area contributed by atoms with Gasteiger partial charge in [0.1, 0.15) is 5.60 Å². The maximum Gasteiger partial charge on any atom is 0.410 e. The van der Waals surface area contributed by atoms with E-state index in [-0.39, 0.29) is 6.09 Å². The van der Waals surface area contributed by atoms with Crippen molar-refractivity contribution in [2.24, 2.45) is 0 Å². The number of aromatic nitrogens is 1. The van der Waals surface area contributed by atoms with Gasteiger partial charge in [-0.1, -0.05) is 35.9 Å². The highest BCUT2D eigenvalue weighted by molar-refractivity contribution is 5.69. The van der Waals surface area contributed by atoms with Gasteiger partial charge in [-0.05, 0) is 51.5 Å². The highest BCUT2D eigenvalue weighted by Crippen LogP contribution is 2.18. The second kappa shape index (κ2) is 8.46. The molecule has 1 amide bonds. The van der Waals surface area contributed by atoms with Gasteiger partial charge in [0.15, 0.2) is 0 Å². The van der Waals surface area contributed by atoms with Crippen molar-refractivity contribution in [3.8, 4) is 0 Å². The summed E-state index contributed by atoms with van der Waals surface area (Å²) in [7, 11) is 0. The molecule has 0 atom stereocenters. The largest absolute Gasteiger partial charge is 0.444 e. The van der Waals surface area contributed by atoms with E-state index in [1.807, 2.05) is 39.1 Å². The van der Waals surface area contributed by atoms with E-state index >= 15 is 0 Å². The monoisotopic (exact) mass is 379 g/mol. The average molecular weight is 380 g/mol. The Balaban J connectivity index is 1.54. The molecule has 1 fully saturated rings. The van der Waals surface area contributed by atoms with E-state index in [9.17, 15) is 4.79 Å². The van der Waals surface area contributed by atoms with Gasteiger partial charge in [0.2, 0.25) is 0 Å². The van der Waals surface area contributed by atoms with Crippen LogP contribution in [0.1, 0.15) is 37.6 Å². The molecule has 0 aliphatic carbocycles. The van der Waals surface area contributed by atoms with E-state index in [1.165, 1.54) is 5.56 Å². The van der Waals surface area contributed by atoms with Crippen molar-refractivity contribution in [1.82, 2.24) is 9.88 Å². The summed E-state index contributed by atoms with van der Waals surface area (Å²) in [5, 5.41) is 0. The van der Waals surface area contributed by atoms with Gasteiger partial charge < -0.3 is 14.5 Å². The zero-order chi connectivity index (χ0) is 20.1. The third-order valence-electron chi connectivity index (χ3n) is 4.59. The third kappa shape index (κ3) is 5.59. The topological polar surface area (TPSA) is 45.7 Å². The lowest BCUT2D eigenvalue weighted by atomic mass is 10.1. The zero-order valence-electron chi connectivity index (χ0n) is 17.2. The van der Waals surface area contributed by atoms with E-state index < -0.39 is 5.60 Å². The molecule has 0 unspecified atom stereocenters. The molecule has 2 aromatic rings. The summed E-state index contributed by atoms with van der Waals surface area (Å²) in [4.78, 5) is 20.8. The van der Waals surface area contributed by atoms with Crippen LogP contribution in [0, 0.1) is 6.92 Å². The van der Waals surface area contributed by atoms with E-state index in [1.54, 1.807) is 4.90 Å². The normalized spacial score (nSPS) is 15.1. The molecular weight excluding hydrogens is 350 g/mol. The van der Waals surface area contributed by atoms with Gasteiger partial charge in [0.05, 0.1) is 17.6 Å². The van der Waals surface area contributed by atoms with Gasteiger partial charge in [-0.25, -0.2) is 4.79 Å². The number of piperazine rings is 1. The summed E-state index contributed by atoms with van der Waals surface area (Å²) in [6, 6.07) is 12.5. The van der Waals surface area contributed by atoms with Crippen LogP contribution in [0.4, 0.5) is 10.5 Å². The smallest absolute Gasteiger partial charge is 0.410 e. The number of ether oxygens (including phenoxy) is 1. The minimum Gasteiger partial charge on any atom is -0.444 e. The Hall–Kier alpha value is -2.82. The number of nitrogens with zero attached hydrogens (tertiary/aromatic N) is 3. The lowest BCUT2D eigenvalue weighted by Gasteiger charge is -2.36. The summed E-state index contributed by atoms with van der Waals surface area (Å²) in [6.07, 6.45) is 5.76. The van der Waals surface area contributed by atoms with E-state index in [4.69, 9.17) is 4.74 Å². The second-order valence-corrected chi connectivity index (χ2v) is 8.14. The quantitative estimate of drug-likeness (QED) is 0.781. The molecule has 1 aliphatic rings. The first kappa shape index (κ1) is 19.9. The molecule has 148 valence electrons. The first-order chi connectivity index (χ1) is 13.3. The Morgan fingerprint density at radius 2 is 1.68 bits per heavy atom. The lowest BCUT2D eigenvalue weighted by Crippen LogP contribution is -2.50. The number of hydrogen-bond donors (Lipinski definition) is 0. The number of amides is 1. The molecule has 0 radical (unpaired) electrons. The van der Waals surface area contributed by atoms with Gasteiger partial charge >= 0.3 is 6.09 Å². The molecular formula is C23H29N3O2.